The number of methoxy groups -OCH3 is 1. The third kappa shape index (κ3) is 1.88. The fraction of sp³-hybridized carbons (Fsp3) is 0.900. The molecule has 0 radical (unpaired) electrons. The van der Waals surface area contributed by atoms with E-state index in [0.29, 0.717) is 23.5 Å². The molecule has 2 bridgehead atoms. The Morgan fingerprint density at radius 3 is 2.61 bits per heavy atom. The van der Waals surface area contributed by atoms with Crippen LogP contribution < -0.4 is 0 Å². The van der Waals surface area contributed by atoms with E-state index in [1.165, 1.54) is 20.0 Å². The molecule has 4 saturated carbocycles. The molecule has 0 saturated heterocycles. The molecule has 0 aromatic heterocycles. The second kappa shape index (κ2) is 4.83. The van der Waals surface area contributed by atoms with E-state index < -0.39 is 0 Å². The maximum Gasteiger partial charge on any atom is 0.311 e. The summed E-state index contributed by atoms with van der Waals surface area (Å²) in [5, 5.41) is 0. The van der Waals surface area contributed by atoms with Crippen LogP contribution in [0.1, 0.15) is 71.6 Å². The maximum absolute atomic E-state index is 12.6. The zero-order valence-electron chi connectivity index (χ0n) is 14.8. The molecule has 1 spiro atoms. The van der Waals surface area contributed by atoms with Crippen LogP contribution in [0.5, 0.6) is 0 Å². The molecule has 0 heterocycles. The number of hydrogen-bond acceptors (Lipinski definition) is 3. The maximum atomic E-state index is 12.6. The number of fused-ring (bicyclic) bond motifs is 3. The van der Waals surface area contributed by atoms with E-state index in [0.717, 1.165) is 44.9 Å². The van der Waals surface area contributed by atoms with Gasteiger partial charge in [-0.2, -0.15) is 0 Å². The number of ether oxygens (including phenoxy) is 1. The summed E-state index contributed by atoms with van der Waals surface area (Å²) in [6.07, 6.45) is 9.77. The minimum absolute atomic E-state index is 0.0134. The number of carbonyl (C=O) groups is 2. The molecule has 128 valence electrons. The van der Waals surface area contributed by atoms with Crippen molar-refractivity contribution in [3.8, 4) is 0 Å². The van der Waals surface area contributed by atoms with Gasteiger partial charge in [-0.1, -0.05) is 13.3 Å². The molecular weight excluding hydrogens is 288 g/mol. The quantitative estimate of drug-likeness (QED) is 0.682. The minimum atomic E-state index is -0.331. The predicted molar refractivity (Wildman–Crippen MR) is 87.7 cm³/mol. The van der Waals surface area contributed by atoms with E-state index in [-0.39, 0.29) is 22.2 Å². The summed E-state index contributed by atoms with van der Waals surface area (Å²) in [5.41, 5.74) is 0.136. The highest BCUT2D eigenvalue weighted by Gasteiger charge is 2.66. The lowest BCUT2D eigenvalue weighted by atomic mass is 9.41. The van der Waals surface area contributed by atoms with Crippen molar-refractivity contribution in [2.45, 2.75) is 71.6 Å². The van der Waals surface area contributed by atoms with Gasteiger partial charge in [0.05, 0.1) is 12.5 Å². The van der Waals surface area contributed by atoms with Gasteiger partial charge < -0.3 is 4.74 Å². The Morgan fingerprint density at radius 1 is 1.09 bits per heavy atom. The van der Waals surface area contributed by atoms with Gasteiger partial charge in [0.15, 0.2) is 0 Å². The van der Waals surface area contributed by atoms with E-state index in [2.05, 4.69) is 13.8 Å². The molecule has 0 unspecified atom stereocenters. The molecule has 0 aromatic carbocycles. The number of hydrogen-bond donors (Lipinski definition) is 0. The molecule has 4 rings (SSSR count). The Morgan fingerprint density at radius 2 is 1.87 bits per heavy atom. The first-order valence-electron chi connectivity index (χ1n) is 9.47. The largest absolute Gasteiger partial charge is 0.469 e. The van der Waals surface area contributed by atoms with Crippen molar-refractivity contribution in [2.24, 2.45) is 34.0 Å². The summed E-state index contributed by atoms with van der Waals surface area (Å²) >= 11 is 0. The predicted octanol–water partition coefficient (Wildman–Crippen LogP) is 4.14. The summed E-state index contributed by atoms with van der Waals surface area (Å²) in [4.78, 5) is 25.0. The van der Waals surface area contributed by atoms with Gasteiger partial charge in [-0.05, 0) is 74.5 Å². The van der Waals surface area contributed by atoms with Crippen LogP contribution in [-0.2, 0) is 14.3 Å². The Labute approximate surface area is 139 Å². The van der Waals surface area contributed by atoms with Crippen molar-refractivity contribution in [2.75, 3.05) is 7.11 Å². The molecule has 3 heteroatoms. The SMILES string of the molecule is COC(=O)[C@]1(C)CCC[C@@]2(C)[C@@H]3CC[C@H]4C[C@@]3(CC[C@@H]21)CC4=O. The van der Waals surface area contributed by atoms with Gasteiger partial charge >= 0.3 is 5.97 Å². The second-order valence-electron chi connectivity index (χ2n) is 9.40. The van der Waals surface area contributed by atoms with E-state index in [4.69, 9.17) is 4.74 Å². The van der Waals surface area contributed by atoms with Crippen molar-refractivity contribution in [3.05, 3.63) is 0 Å². The summed E-state index contributed by atoms with van der Waals surface area (Å²) in [6, 6.07) is 0. The van der Waals surface area contributed by atoms with Crippen LogP contribution in [0, 0.1) is 34.0 Å². The second-order valence-corrected chi connectivity index (χ2v) is 9.40. The van der Waals surface area contributed by atoms with Crippen LogP contribution >= 0.6 is 0 Å². The topological polar surface area (TPSA) is 43.4 Å². The van der Waals surface area contributed by atoms with E-state index >= 15 is 0 Å². The van der Waals surface area contributed by atoms with Crippen molar-refractivity contribution in [1.82, 2.24) is 0 Å². The van der Waals surface area contributed by atoms with Gasteiger partial charge in [-0.3, -0.25) is 9.59 Å². The lowest BCUT2D eigenvalue weighted by molar-refractivity contribution is -0.183. The smallest absolute Gasteiger partial charge is 0.311 e. The highest BCUT2D eigenvalue weighted by Crippen LogP contribution is 2.70. The van der Waals surface area contributed by atoms with Crippen LogP contribution in [0.15, 0.2) is 0 Å². The summed E-state index contributed by atoms with van der Waals surface area (Å²) in [5.74, 6) is 1.91. The lowest BCUT2D eigenvalue weighted by Gasteiger charge is -2.63. The summed E-state index contributed by atoms with van der Waals surface area (Å²) < 4.78 is 5.21. The molecule has 23 heavy (non-hydrogen) atoms. The average molecular weight is 318 g/mol. The molecule has 0 amide bonds. The summed E-state index contributed by atoms with van der Waals surface area (Å²) in [6.45, 7) is 4.58. The molecule has 0 N–H and O–H groups in total. The van der Waals surface area contributed by atoms with Gasteiger partial charge in [-0.25, -0.2) is 0 Å². The van der Waals surface area contributed by atoms with Crippen molar-refractivity contribution >= 4 is 11.8 Å². The van der Waals surface area contributed by atoms with Crippen molar-refractivity contribution in [3.63, 3.8) is 0 Å². The van der Waals surface area contributed by atoms with Crippen molar-refractivity contribution in [1.29, 1.82) is 0 Å². The van der Waals surface area contributed by atoms with E-state index in [1.54, 1.807) is 0 Å². The molecule has 0 aromatic rings. The highest BCUT2D eigenvalue weighted by molar-refractivity contribution is 5.84. The number of esters is 1. The first-order valence-corrected chi connectivity index (χ1v) is 9.47. The molecule has 4 aliphatic rings. The summed E-state index contributed by atoms with van der Waals surface area (Å²) in [7, 11) is 1.53. The number of carbonyl (C=O) groups excluding carboxylic acids is 2. The van der Waals surface area contributed by atoms with Gasteiger partial charge in [-0.15, -0.1) is 0 Å². The normalized spacial score (nSPS) is 51.8. The zero-order valence-corrected chi connectivity index (χ0v) is 14.8. The monoisotopic (exact) mass is 318 g/mol. The lowest BCUT2D eigenvalue weighted by Crippen LogP contribution is -2.58. The molecule has 0 aliphatic heterocycles. The first kappa shape index (κ1) is 15.7. The number of Topliss-reactive ketones (excluding diaryl/α,β-unsaturated/α-hetero) is 1. The van der Waals surface area contributed by atoms with Crippen LogP contribution in [0.2, 0.25) is 0 Å². The number of rotatable bonds is 1. The third-order valence-electron chi connectivity index (χ3n) is 8.53. The van der Waals surface area contributed by atoms with Crippen molar-refractivity contribution < 1.29 is 14.3 Å². The van der Waals surface area contributed by atoms with Crippen LogP contribution in [-0.4, -0.2) is 18.9 Å². The fourth-order valence-electron chi connectivity index (χ4n) is 7.65. The molecule has 3 nitrogen and oxygen atoms in total. The third-order valence-corrected chi connectivity index (χ3v) is 8.53. The van der Waals surface area contributed by atoms with E-state index in [1.807, 2.05) is 0 Å². The highest BCUT2D eigenvalue weighted by atomic mass is 16.5. The molecule has 6 atom stereocenters. The Balaban J connectivity index is 1.73. The number of ketones is 1. The van der Waals surface area contributed by atoms with Crippen LogP contribution in [0.4, 0.5) is 0 Å². The fourth-order valence-corrected chi connectivity index (χ4v) is 7.65. The van der Waals surface area contributed by atoms with Gasteiger partial charge in [0.2, 0.25) is 0 Å². The standard InChI is InChI=1S/C20H30O3/c1-18-8-4-9-19(2,17(22)23-3)15(18)7-10-20-11-13(14(21)12-20)5-6-16(18)20/h13,15-16H,4-12H2,1-3H3/t13-,15-,16-,18+,19+,20-/m0/s1. The Kier molecular flexibility index (Phi) is 3.29. The molecular formula is C20H30O3. The molecule has 4 aliphatic carbocycles. The molecule has 4 fully saturated rings. The minimum Gasteiger partial charge on any atom is -0.469 e. The van der Waals surface area contributed by atoms with Gasteiger partial charge in [0.25, 0.3) is 0 Å². The Bertz CT molecular complexity index is 555. The van der Waals surface area contributed by atoms with Gasteiger partial charge in [0.1, 0.15) is 5.78 Å². The Hall–Kier alpha value is -0.860. The zero-order chi connectivity index (χ0) is 16.5. The average Bonchev–Trinajstić information content (AvgIpc) is 2.75. The van der Waals surface area contributed by atoms with Gasteiger partial charge in [0, 0.05) is 12.3 Å². The van der Waals surface area contributed by atoms with Crippen LogP contribution in [0.3, 0.4) is 0 Å². The van der Waals surface area contributed by atoms with Crippen LogP contribution in [0.25, 0.3) is 0 Å². The first-order chi connectivity index (χ1) is 10.9. The van der Waals surface area contributed by atoms with E-state index in [9.17, 15) is 9.59 Å².